The van der Waals surface area contributed by atoms with E-state index in [2.05, 4.69) is 11.8 Å². The first-order valence-electron chi connectivity index (χ1n) is 17.3. The Labute approximate surface area is 234 Å². The molecule has 0 aromatic heterocycles. The first kappa shape index (κ1) is 26.9. The van der Waals surface area contributed by atoms with Crippen molar-refractivity contribution in [3.8, 4) is 11.8 Å². The summed E-state index contributed by atoms with van der Waals surface area (Å²) in [6, 6.07) is 0. The van der Waals surface area contributed by atoms with Gasteiger partial charge in [0.2, 0.25) is 0 Å². The fourth-order valence-corrected chi connectivity index (χ4v) is 9.55. The first-order chi connectivity index (χ1) is 18.8. The van der Waals surface area contributed by atoms with Gasteiger partial charge in [0.15, 0.2) is 5.78 Å². The zero-order valence-electron chi connectivity index (χ0n) is 24.3. The van der Waals surface area contributed by atoms with Crippen LogP contribution in [0, 0.1) is 47.3 Å². The molecule has 0 radical (unpaired) electrons. The van der Waals surface area contributed by atoms with Crippen LogP contribution in [0.5, 0.6) is 0 Å². The van der Waals surface area contributed by atoms with Gasteiger partial charge >= 0.3 is 0 Å². The largest absolute Gasteiger partial charge is 0.289 e. The van der Waals surface area contributed by atoms with Crippen LogP contribution in [0.2, 0.25) is 0 Å². The second-order valence-corrected chi connectivity index (χ2v) is 14.2. The molecule has 0 aromatic carbocycles. The third-order valence-corrected chi connectivity index (χ3v) is 11.6. The summed E-state index contributed by atoms with van der Waals surface area (Å²) >= 11 is 0. The smallest absolute Gasteiger partial charge is 0.186 e. The lowest BCUT2D eigenvalue weighted by Gasteiger charge is -2.35. The summed E-state index contributed by atoms with van der Waals surface area (Å²) in [5.41, 5.74) is 6.08. The average Bonchev–Trinajstić information content (AvgIpc) is 3.31. The Bertz CT molecular complexity index is 936. The minimum absolute atomic E-state index is 0.551. The van der Waals surface area contributed by atoms with Crippen LogP contribution in [-0.2, 0) is 4.79 Å². The summed E-state index contributed by atoms with van der Waals surface area (Å²) in [7, 11) is 0. The molecule has 5 saturated carbocycles. The number of Topliss-reactive ketones (excluding diaryl/α,β-unsaturated/α-hetero) is 1. The third-order valence-electron chi connectivity index (χ3n) is 11.6. The average molecular weight is 515 g/mol. The Morgan fingerprint density at radius 3 is 1.08 bits per heavy atom. The van der Waals surface area contributed by atoms with Gasteiger partial charge in [0, 0.05) is 23.0 Å². The molecule has 6 rings (SSSR count). The van der Waals surface area contributed by atoms with E-state index in [1.54, 1.807) is 11.1 Å². The van der Waals surface area contributed by atoms with E-state index in [0.717, 1.165) is 0 Å². The lowest BCUT2D eigenvalue weighted by atomic mass is 9.69. The topological polar surface area (TPSA) is 17.1 Å². The summed E-state index contributed by atoms with van der Waals surface area (Å²) in [4.78, 5) is 14.6. The molecule has 0 bridgehead atoms. The second-order valence-electron chi connectivity index (χ2n) is 14.2. The summed E-state index contributed by atoms with van der Waals surface area (Å²) in [6.45, 7) is 0. The minimum Gasteiger partial charge on any atom is -0.289 e. The zero-order valence-corrected chi connectivity index (χ0v) is 24.3. The maximum atomic E-state index is 14.6. The van der Waals surface area contributed by atoms with Crippen molar-refractivity contribution in [3.05, 3.63) is 22.3 Å². The summed E-state index contributed by atoms with van der Waals surface area (Å²) in [5.74, 6) is 11.8. The van der Waals surface area contributed by atoms with E-state index in [9.17, 15) is 4.79 Å². The third kappa shape index (κ3) is 5.91. The molecular weight excluding hydrogens is 460 g/mol. The van der Waals surface area contributed by atoms with Gasteiger partial charge in [-0.15, -0.1) is 0 Å². The Morgan fingerprint density at radius 2 is 0.658 bits per heavy atom. The molecular formula is C37H54O. The lowest BCUT2D eigenvalue weighted by Crippen LogP contribution is -2.22. The maximum absolute atomic E-state index is 14.6. The van der Waals surface area contributed by atoms with Gasteiger partial charge in [0.05, 0.1) is 0 Å². The molecule has 0 spiro atoms. The van der Waals surface area contributed by atoms with Crippen LogP contribution >= 0.6 is 0 Å². The Balaban J connectivity index is 1.30. The highest BCUT2D eigenvalue weighted by Crippen LogP contribution is 2.53. The normalized spacial score (nSPS) is 31.5. The van der Waals surface area contributed by atoms with E-state index < -0.39 is 0 Å². The highest BCUT2D eigenvalue weighted by Gasteiger charge is 2.44. The van der Waals surface area contributed by atoms with Crippen molar-refractivity contribution < 1.29 is 4.79 Å². The van der Waals surface area contributed by atoms with Crippen LogP contribution in [0.1, 0.15) is 154 Å². The lowest BCUT2D eigenvalue weighted by molar-refractivity contribution is -0.113. The number of allylic oxidation sites excluding steroid dienone is 4. The molecule has 0 unspecified atom stereocenters. The monoisotopic (exact) mass is 514 g/mol. The molecule has 5 fully saturated rings. The predicted octanol–water partition coefficient (Wildman–Crippen LogP) is 10.3. The molecule has 6 aliphatic carbocycles. The second kappa shape index (κ2) is 12.9. The van der Waals surface area contributed by atoms with Crippen molar-refractivity contribution >= 4 is 5.78 Å². The molecule has 0 aromatic rings. The molecule has 0 N–H and O–H groups in total. The predicted molar refractivity (Wildman–Crippen MR) is 159 cm³/mol. The quantitative estimate of drug-likeness (QED) is 0.341. The van der Waals surface area contributed by atoms with E-state index in [0.29, 0.717) is 41.3 Å². The molecule has 1 nitrogen and oxygen atoms in total. The van der Waals surface area contributed by atoms with Gasteiger partial charge in [-0.3, -0.25) is 4.79 Å². The molecule has 0 saturated heterocycles. The van der Waals surface area contributed by atoms with Crippen LogP contribution < -0.4 is 0 Å². The number of carbonyl (C=O) groups excluding carboxylic acids is 1. The Kier molecular flexibility index (Phi) is 9.15. The highest BCUT2D eigenvalue weighted by molar-refractivity contribution is 6.14. The number of ketones is 1. The fraction of sp³-hybridized carbons (Fsp3) is 0.811. The van der Waals surface area contributed by atoms with Gasteiger partial charge < -0.3 is 0 Å². The fourth-order valence-electron chi connectivity index (χ4n) is 9.55. The number of rotatable bonds is 4. The van der Waals surface area contributed by atoms with Crippen LogP contribution in [0.25, 0.3) is 0 Å². The van der Waals surface area contributed by atoms with Gasteiger partial charge in [-0.05, 0) is 112 Å². The van der Waals surface area contributed by atoms with Crippen molar-refractivity contribution in [2.75, 3.05) is 0 Å². The molecule has 38 heavy (non-hydrogen) atoms. The maximum Gasteiger partial charge on any atom is 0.186 e. The van der Waals surface area contributed by atoms with Crippen LogP contribution in [0.3, 0.4) is 0 Å². The van der Waals surface area contributed by atoms with Gasteiger partial charge in [0.1, 0.15) is 0 Å². The summed E-state index contributed by atoms with van der Waals surface area (Å²) in [5, 5.41) is 0. The molecule has 6 aliphatic rings. The first-order valence-corrected chi connectivity index (χ1v) is 17.3. The molecule has 0 aliphatic heterocycles. The summed E-state index contributed by atoms with van der Waals surface area (Å²) in [6.07, 6.45) is 31.9. The standard InChI is InChI=1S/C37H54O/c38-37-35(30-17-9-3-10-18-30)33(29-15-7-2-8-16-29)34(36(37)31-19-11-4-12-20-31)32-25-23-28(24-26-32)22-21-27-13-5-1-6-14-27/h27-32H,1-20,23-26H2. The molecule has 0 amide bonds. The van der Waals surface area contributed by atoms with Gasteiger partial charge in [-0.1, -0.05) is 88.9 Å². The SMILES string of the molecule is O=C1C(C2CCCCC2)=C(C2CCCCC2)C(C2CCC(C#CC3CCCCC3)CC2)=C1C1CCCCC1. The van der Waals surface area contributed by atoms with E-state index >= 15 is 0 Å². The van der Waals surface area contributed by atoms with Crippen molar-refractivity contribution in [2.45, 2.75) is 154 Å². The van der Waals surface area contributed by atoms with Gasteiger partial charge in [-0.2, -0.15) is 0 Å². The molecule has 1 heteroatoms. The van der Waals surface area contributed by atoms with Gasteiger partial charge in [-0.25, -0.2) is 0 Å². The van der Waals surface area contributed by atoms with E-state index in [1.807, 2.05) is 0 Å². The van der Waals surface area contributed by atoms with Crippen molar-refractivity contribution in [1.82, 2.24) is 0 Å². The number of carbonyl (C=O) groups is 1. The van der Waals surface area contributed by atoms with Crippen LogP contribution in [0.4, 0.5) is 0 Å². The summed E-state index contributed by atoms with van der Waals surface area (Å²) < 4.78 is 0. The Hall–Kier alpha value is -1.29. The van der Waals surface area contributed by atoms with Crippen molar-refractivity contribution in [3.63, 3.8) is 0 Å². The molecule has 0 heterocycles. The van der Waals surface area contributed by atoms with Crippen molar-refractivity contribution in [1.29, 1.82) is 0 Å². The van der Waals surface area contributed by atoms with Crippen LogP contribution in [0.15, 0.2) is 22.3 Å². The highest BCUT2D eigenvalue weighted by atomic mass is 16.1. The number of hydrogen-bond acceptors (Lipinski definition) is 1. The van der Waals surface area contributed by atoms with Crippen LogP contribution in [-0.4, -0.2) is 5.78 Å². The van der Waals surface area contributed by atoms with E-state index in [1.165, 1.54) is 165 Å². The van der Waals surface area contributed by atoms with E-state index in [4.69, 9.17) is 0 Å². The van der Waals surface area contributed by atoms with E-state index in [-0.39, 0.29) is 0 Å². The van der Waals surface area contributed by atoms with Crippen molar-refractivity contribution in [2.24, 2.45) is 35.5 Å². The van der Waals surface area contributed by atoms with Gasteiger partial charge in [0.25, 0.3) is 0 Å². The zero-order chi connectivity index (χ0) is 25.7. The minimum atomic E-state index is 0.551. The Morgan fingerprint density at radius 1 is 0.342 bits per heavy atom. The number of hydrogen-bond donors (Lipinski definition) is 0. The molecule has 0 atom stereocenters. The molecule has 208 valence electrons.